The normalized spacial score (nSPS) is 10.2. The van der Waals surface area contributed by atoms with E-state index >= 15 is 0 Å². The van der Waals surface area contributed by atoms with Gasteiger partial charge in [-0.3, -0.25) is 9.59 Å². The Morgan fingerprint density at radius 3 is 2.71 bits per heavy atom. The number of carbonyl (C=O) groups excluding carboxylic acids is 2. The Hall–Kier alpha value is -2.05. The lowest BCUT2D eigenvalue weighted by atomic mass is 10.2. The lowest BCUT2D eigenvalue weighted by molar-refractivity contribution is 0.100. The molecule has 0 aliphatic heterocycles. The molecule has 0 aliphatic rings. The smallest absolute Gasteiger partial charge is 0.265 e. The topological polar surface area (TPSA) is 81.4 Å². The third-order valence-corrected chi connectivity index (χ3v) is 3.82. The number of benzene rings is 1. The lowest BCUT2D eigenvalue weighted by Gasteiger charge is -2.08. The average Bonchev–Trinajstić information content (AvgIpc) is 2.92. The quantitative estimate of drug-likeness (QED) is 0.886. The number of thiophene rings is 1. The number of rotatable bonds is 5. The largest absolute Gasteiger partial charge is 0.492 e. The zero-order valence-corrected chi connectivity index (χ0v) is 12.8. The first kappa shape index (κ1) is 15.3. The van der Waals surface area contributed by atoms with Crippen LogP contribution in [0.15, 0.2) is 29.6 Å². The maximum Gasteiger partial charge on any atom is 0.265 e. The van der Waals surface area contributed by atoms with Crippen molar-refractivity contribution in [2.24, 2.45) is 5.73 Å². The summed E-state index contributed by atoms with van der Waals surface area (Å²) in [7, 11) is 0. The van der Waals surface area contributed by atoms with Crippen LogP contribution in [-0.4, -0.2) is 18.4 Å². The van der Waals surface area contributed by atoms with E-state index in [9.17, 15) is 9.59 Å². The molecular formula is C14H13ClN2O3S. The minimum Gasteiger partial charge on any atom is -0.492 e. The van der Waals surface area contributed by atoms with Gasteiger partial charge in [0.05, 0.1) is 22.1 Å². The first-order valence-corrected chi connectivity index (χ1v) is 7.39. The Kier molecular flexibility index (Phi) is 4.82. The lowest BCUT2D eigenvalue weighted by Crippen LogP contribution is -2.12. The van der Waals surface area contributed by atoms with Crippen molar-refractivity contribution >= 4 is 40.4 Å². The van der Waals surface area contributed by atoms with Crippen molar-refractivity contribution in [2.75, 3.05) is 11.9 Å². The van der Waals surface area contributed by atoms with Crippen LogP contribution in [0.5, 0.6) is 5.75 Å². The number of hydrogen-bond acceptors (Lipinski definition) is 4. The fraction of sp³-hybridized carbons (Fsp3) is 0.143. The molecule has 110 valence electrons. The van der Waals surface area contributed by atoms with Crippen LogP contribution in [0.1, 0.15) is 27.0 Å². The zero-order valence-electron chi connectivity index (χ0n) is 11.2. The first-order chi connectivity index (χ1) is 10.0. The summed E-state index contributed by atoms with van der Waals surface area (Å²) in [6.07, 6.45) is 0. The summed E-state index contributed by atoms with van der Waals surface area (Å²) in [5.74, 6) is -0.327. The van der Waals surface area contributed by atoms with Crippen LogP contribution in [0.3, 0.4) is 0 Å². The van der Waals surface area contributed by atoms with Crippen LogP contribution in [0.2, 0.25) is 5.02 Å². The molecule has 7 heteroatoms. The summed E-state index contributed by atoms with van der Waals surface area (Å²) in [6, 6.07) is 6.44. The number of ether oxygens (including phenoxy) is 1. The van der Waals surface area contributed by atoms with Crippen LogP contribution >= 0.6 is 22.9 Å². The standard InChI is InChI=1S/C14H13ClN2O3S/c1-2-20-11-4-3-9(6-10(11)15)17-14(19)12-5-8(7-21-12)13(16)18/h3-7H,2H2,1H3,(H2,16,18)(H,17,19). The van der Waals surface area contributed by atoms with Crippen molar-refractivity contribution in [1.29, 1.82) is 0 Å². The number of nitrogens with two attached hydrogens (primary N) is 1. The van der Waals surface area contributed by atoms with E-state index in [-0.39, 0.29) is 5.91 Å². The summed E-state index contributed by atoms with van der Waals surface area (Å²) in [5, 5.41) is 4.66. The Labute approximate surface area is 130 Å². The van der Waals surface area contributed by atoms with E-state index in [0.717, 1.165) is 11.3 Å². The molecule has 0 spiro atoms. The molecule has 0 bridgehead atoms. The highest BCUT2D eigenvalue weighted by molar-refractivity contribution is 7.12. The fourth-order valence-electron chi connectivity index (χ4n) is 1.63. The fourth-order valence-corrected chi connectivity index (χ4v) is 2.65. The number of anilines is 1. The minimum absolute atomic E-state index is 0.315. The predicted molar refractivity (Wildman–Crippen MR) is 83.4 cm³/mol. The molecule has 2 amide bonds. The highest BCUT2D eigenvalue weighted by Gasteiger charge is 2.12. The Morgan fingerprint density at radius 1 is 1.38 bits per heavy atom. The summed E-state index contributed by atoms with van der Waals surface area (Å²) in [4.78, 5) is 23.4. The van der Waals surface area contributed by atoms with Gasteiger partial charge in [-0.15, -0.1) is 11.3 Å². The molecule has 0 unspecified atom stereocenters. The number of amides is 2. The van der Waals surface area contributed by atoms with E-state index in [0.29, 0.717) is 33.5 Å². The SMILES string of the molecule is CCOc1ccc(NC(=O)c2cc(C(N)=O)cs2)cc1Cl. The van der Waals surface area contributed by atoms with Gasteiger partial charge in [0, 0.05) is 11.1 Å². The van der Waals surface area contributed by atoms with Crippen LogP contribution in [0.25, 0.3) is 0 Å². The van der Waals surface area contributed by atoms with Gasteiger partial charge in [0.1, 0.15) is 5.75 Å². The van der Waals surface area contributed by atoms with E-state index in [1.54, 1.807) is 23.6 Å². The monoisotopic (exact) mass is 324 g/mol. The third-order valence-electron chi connectivity index (χ3n) is 2.60. The molecule has 0 saturated carbocycles. The van der Waals surface area contributed by atoms with Crippen molar-refractivity contribution in [2.45, 2.75) is 6.92 Å². The molecule has 2 rings (SSSR count). The number of hydrogen-bond donors (Lipinski definition) is 2. The second-order valence-corrected chi connectivity index (χ2v) is 5.41. The van der Waals surface area contributed by atoms with E-state index in [4.69, 9.17) is 22.1 Å². The van der Waals surface area contributed by atoms with Gasteiger partial charge >= 0.3 is 0 Å². The number of halogens is 1. The van der Waals surface area contributed by atoms with Gasteiger partial charge in [-0.25, -0.2) is 0 Å². The first-order valence-electron chi connectivity index (χ1n) is 6.13. The van der Waals surface area contributed by atoms with E-state index in [1.807, 2.05) is 6.92 Å². The molecule has 21 heavy (non-hydrogen) atoms. The van der Waals surface area contributed by atoms with Gasteiger partial charge in [0.2, 0.25) is 5.91 Å². The van der Waals surface area contributed by atoms with Gasteiger partial charge in [-0.2, -0.15) is 0 Å². The maximum atomic E-state index is 12.0. The van der Waals surface area contributed by atoms with Crippen molar-refractivity contribution in [3.05, 3.63) is 45.1 Å². The highest BCUT2D eigenvalue weighted by atomic mass is 35.5. The van der Waals surface area contributed by atoms with Crippen LogP contribution in [-0.2, 0) is 0 Å². The summed E-state index contributed by atoms with van der Waals surface area (Å²) in [5.41, 5.74) is 6.01. The van der Waals surface area contributed by atoms with E-state index in [1.165, 1.54) is 6.07 Å². The number of carbonyl (C=O) groups is 2. The van der Waals surface area contributed by atoms with Crippen LogP contribution < -0.4 is 15.8 Å². The Morgan fingerprint density at radius 2 is 2.14 bits per heavy atom. The third kappa shape index (κ3) is 3.74. The van der Waals surface area contributed by atoms with Gasteiger partial charge in [-0.1, -0.05) is 11.6 Å². The van der Waals surface area contributed by atoms with Gasteiger partial charge < -0.3 is 15.8 Å². The summed E-state index contributed by atoms with van der Waals surface area (Å²) < 4.78 is 5.32. The highest BCUT2D eigenvalue weighted by Crippen LogP contribution is 2.28. The van der Waals surface area contributed by atoms with E-state index in [2.05, 4.69) is 5.32 Å². The van der Waals surface area contributed by atoms with E-state index < -0.39 is 5.91 Å². The molecule has 3 N–H and O–H groups in total. The molecule has 0 radical (unpaired) electrons. The zero-order chi connectivity index (χ0) is 15.4. The summed E-state index contributed by atoms with van der Waals surface area (Å²) in [6.45, 7) is 2.37. The predicted octanol–water partition coefficient (Wildman–Crippen LogP) is 3.15. The minimum atomic E-state index is -0.561. The molecule has 0 aliphatic carbocycles. The van der Waals surface area contributed by atoms with Crippen molar-refractivity contribution in [1.82, 2.24) is 0 Å². The second-order valence-electron chi connectivity index (χ2n) is 4.10. The van der Waals surface area contributed by atoms with Gasteiger partial charge in [0.15, 0.2) is 0 Å². The van der Waals surface area contributed by atoms with Gasteiger partial charge in [0.25, 0.3) is 5.91 Å². The molecule has 0 saturated heterocycles. The number of primary amides is 1. The molecular weight excluding hydrogens is 312 g/mol. The maximum absolute atomic E-state index is 12.0. The van der Waals surface area contributed by atoms with Crippen LogP contribution in [0, 0.1) is 0 Å². The Balaban J connectivity index is 2.11. The van der Waals surface area contributed by atoms with Crippen molar-refractivity contribution in [3.8, 4) is 5.75 Å². The molecule has 1 aromatic carbocycles. The number of nitrogens with one attached hydrogen (secondary N) is 1. The summed E-state index contributed by atoms with van der Waals surface area (Å²) >= 11 is 7.20. The van der Waals surface area contributed by atoms with Crippen molar-refractivity contribution in [3.63, 3.8) is 0 Å². The second kappa shape index (κ2) is 6.60. The van der Waals surface area contributed by atoms with Crippen LogP contribution in [0.4, 0.5) is 5.69 Å². The van der Waals surface area contributed by atoms with Gasteiger partial charge in [-0.05, 0) is 31.2 Å². The molecule has 1 heterocycles. The molecule has 1 aromatic heterocycles. The van der Waals surface area contributed by atoms with Crippen molar-refractivity contribution < 1.29 is 14.3 Å². The molecule has 0 atom stereocenters. The molecule has 0 fully saturated rings. The Bertz CT molecular complexity index is 685. The molecule has 2 aromatic rings. The molecule has 5 nitrogen and oxygen atoms in total. The average molecular weight is 325 g/mol.